The molecule has 0 aliphatic carbocycles. The Labute approximate surface area is 135 Å². The van der Waals surface area contributed by atoms with Gasteiger partial charge in [0.2, 0.25) is 0 Å². The zero-order chi connectivity index (χ0) is 17.3. The Morgan fingerprint density at radius 1 is 1.17 bits per heavy atom. The fourth-order valence-corrected chi connectivity index (χ4v) is 2.74. The van der Waals surface area contributed by atoms with Crippen LogP contribution >= 0.6 is 0 Å². The number of carbonyl (C=O) groups excluding carboxylic acids is 1. The minimum atomic E-state index is -4.60. The number of nitrogens with zero attached hydrogens (tertiary/aromatic N) is 2. The predicted molar refractivity (Wildman–Crippen MR) is 81.0 cm³/mol. The lowest BCUT2D eigenvalue weighted by Gasteiger charge is -2.28. The maximum Gasteiger partial charge on any atom is 0.406 e. The summed E-state index contributed by atoms with van der Waals surface area (Å²) in [6, 6.07) is 7.64. The Hall–Kier alpha value is -2.35. The quantitative estimate of drug-likeness (QED) is 0.841. The molecule has 1 amide bonds. The molecule has 0 spiro atoms. The minimum Gasteiger partial charge on any atom is -0.378 e. The number of aromatic nitrogens is 1. The number of fused-ring (bicyclic) bond motifs is 1. The topological polar surface area (TPSA) is 51.5 Å². The lowest BCUT2D eigenvalue weighted by molar-refractivity contribution is -0.141. The van der Waals surface area contributed by atoms with Crippen molar-refractivity contribution in [3.05, 3.63) is 46.4 Å². The fraction of sp³-hybridized carbons (Fsp3) is 0.375. The molecule has 1 saturated heterocycles. The van der Waals surface area contributed by atoms with Gasteiger partial charge < -0.3 is 9.64 Å². The number of halogens is 3. The molecule has 2 heterocycles. The molecule has 0 atom stereocenters. The Kier molecular flexibility index (Phi) is 4.31. The smallest absolute Gasteiger partial charge is 0.378 e. The molecule has 0 radical (unpaired) electrons. The van der Waals surface area contributed by atoms with Crippen molar-refractivity contribution in [3.8, 4) is 0 Å². The molecule has 0 N–H and O–H groups in total. The number of ether oxygens (including phenoxy) is 1. The number of morpholine rings is 1. The monoisotopic (exact) mass is 340 g/mol. The van der Waals surface area contributed by atoms with Gasteiger partial charge in [-0.1, -0.05) is 18.2 Å². The summed E-state index contributed by atoms with van der Waals surface area (Å²) >= 11 is 0. The van der Waals surface area contributed by atoms with Crippen LogP contribution in [0.15, 0.2) is 35.1 Å². The lowest BCUT2D eigenvalue weighted by Crippen LogP contribution is -2.43. The molecule has 0 saturated carbocycles. The van der Waals surface area contributed by atoms with Crippen LogP contribution in [0, 0.1) is 0 Å². The second kappa shape index (κ2) is 6.27. The number of pyridine rings is 1. The molecule has 3 rings (SSSR count). The highest BCUT2D eigenvalue weighted by atomic mass is 19.4. The summed E-state index contributed by atoms with van der Waals surface area (Å²) in [6.07, 6.45) is -4.60. The molecule has 5 nitrogen and oxygen atoms in total. The third-order valence-electron chi connectivity index (χ3n) is 3.87. The molecule has 0 unspecified atom stereocenters. The number of carbonyl (C=O) groups is 1. The van der Waals surface area contributed by atoms with Crippen molar-refractivity contribution in [1.29, 1.82) is 0 Å². The second-order valence-electron chi connectivity index (χ2n) is 5.53. The third-order valence-corrected chi connectivity index (χ3v) is 3.87. The summed E-state index contributed by atoms with van der Waals surface area (Å²) in [7, 11) is 0. The van der Waals surface area contributed by atoms with Gasteiger partial charge in [0.05, 0.1) is 13.2 Å². The maximum absolute atomic E-state index is 12.9. The molecule has 24 heavy (non-hydrogen) atoms. The molecule has 8 heteroatoms. The van der Waals surface area contributed by atoms with Crippen molar-refractivity contribution < 1.29 is 22.7 Å². The van der Waals surface area contributed by atoms with Gasteiger partial charge in [-0.15, -0.1) is 0 Å². The van der Waals surface area contributed by atoms with Crippen molar-refractivity contribution in [2.75, 3.05) is 26.3 Å². The number of amides is 1. The Bertz CT molecular complexity index is 823. The second-order valence-corrected chi connectivity index (χ2v) is 5.53. The van der Waals surface area contributed by atoms with Crippen LogP contribution in [0.2, 0.25) is 0 Å². The predicted octanol–water partition coefficient (Wildman–Crippen LogP) is 2.04. The lowest BCUT2D eigenvalue weighted by atomic mass is 10.1. The molecule has 1 aliphatic heterocycles. The van der Waals surface area contributed by atoms with Crippen molar-refractivity contribution in [2.45, 2.75) is 12.7 Å². The molecular weight excluding hydrogens is 325 g/mol. The molecule has 2 aromatic rings. The van der Waals surface area contributed by atoms with E-state index in [2.05, 4.69) is 0 Å². The van der Waals surface area contributed by atoms with Gasteiger partial charge in [0.15, 0.2) is 0 Å². The summed E-state index contributed by atoms with van der Waals surface area (Å²) in [5.41, 5.74) is -1.07. The van der Waals surface area contributed by atoms with Gasteiger partial charge in [0.1, 0.15) is 12.2 Å². The van der Waals surface area contributed by atoms with Crippen molar-refractivity contribution in [3.63, 3.8) is 0 Å². The van der Waals surface area contributed by atoms with Crippen LogP contribution < -0.4 is 5.56 Å². The van der Waals surface area contributed by atoms with E-state index >= 15 is 0 Å². The highest BCUT2D eigenvalue weighted by molar-refractivity contribution is 5.96. The number of alkyl halides is 3. The van der Waals surface area contributed by atoms with E-state index in [1.807, 2.05) is 0 Å². The van der Waals surface area contributed by atoms with E-state index in [1.54, 1.807) is 18.2 Å². The van der Waals surface area contributed by atoms with Crippen LogP contribution in [0.5, 0.6) is 0 Å². The Morgan fingerprint density at radius 2 is 1.83 bits per heavy atom. The first-order valence-corrected chi connectivity index (χ1v) is 7.43. The van der Waals surface area contributed by atoms with E-state index in [-0.39, 0.29) is 24.2 Å². The van der Waals surface area contributed by atoms with Crippen molar-refractivity contribution in [1.82, 2.24) is 9.47 Å². The average molecular weight is 340 g/mol. The number of rotatable bonds is 2. The van der Waals surface area contributed by atoms with Crippen molar-refractivity contribution in [2.24, 2.45) is 0 Å². The summed E-state index contributed by atoms with van der Waals surface area (Å²) < 4.78 is 44.4. The number of benzene rings is 1. The first kappa shape index (κ1) is 16.5. The van der Waals surface area contributed by atoms with Gasteiger partial charge in [-0.3, -0.25) is 14.2 Å². The van der Waals surface area contributed by atoms with Crippen LogP contribution in [0.3, 0.4) is 0 Å². The zero-order valence-corrected chi connectivity index (χ0v) is 12.7. The summed E-state index contributed by atoms with van der Waals surface area (Å²) in [4.78, 5) is 26.5. The van der Waals surface area contributed by atoms with E-state index in [4.69, 9.17) is 4.74 Å². The molecule has 1 fully saturated rings. The molecule has 1 aromatic carbocycles. The summed E-state index contributed by atoms with van der Waals surface area (Å²) in [5, 5.41) is 0.595. The maximum atomic E-state index is 12.9. The normalized spacial score (nSPS) is 15.7. The van der Waals surface area contributed by atoms with Crippen molar-refractivity contribution >= 4 is 16.7 Å². The first-order chi connectivity index (χ1) is 11.4. The molecule has 0 bridgehead atoms. The number of hydrogen-bond acceptors (Lipinski definition) is 3. The van der Waals surface area contributed by atoms with Gasteiger partial charge in [-0.25, -0.2) is 0 Å². The van der Waals surface area contributed by atoms with E-state index < -0.39 is 24.2 Å². The molecule has 1 aromatic heterocycles. The third kappa shape index (κ3) is 3.28. The zero-order valence-electron chi connectivity index (χ0n) is 12.7. The highest BCUT2D eigenvalue weighted by Crippen LogP contribution is 2.21. The molecule has 128 valence electrons. The van der Waals surface area contributed by atoms with Crippen LogP contribution in [-0.4, -0.2) is 47.9 Å². The van der Waals surface area contributed by atoms with Crippen LogP contribution in [0.4, 0.5) is 13.2 Å². The number of hydrogen-bond donors (Lipinski definition) is 0. The van der Waals surface area contributed by atoms with E-state index in [9.17, 15) is 22.8 Å². The van der Waals surface area contributed by atoms with Gasteiger partial charge in [0, 0.05) is 18.5 Å². The fourth-order valence-electron chi connectivity index (χ4n) is 2.74. The summed E-state index contributed by atoms with van der Waals surface area (Å²) in [5.74, 6) is -0.592. The van der Waals surface area contributed by atoms with Gasteiger partial charge in [-0.05, 0) is 17.5 Å². The van der Waals surface area contributed by atoms with Crippen LogP contribution in [-0.2, 0) is 11.3 Å². The Balaban J connectivity index is 2.15. The molecular formula is C16H15F3N2O3. The Morgan fingerprint density at radius 3 is 2.50 bits per heavy atom. The van der Waals surface area contributed by atoms with Gasteiger partial charge in [0.25, 0.3) is 11.5 Å². The minimum absolute atomic E-state index is 0.153. The average Bonchev–Trinajstić information content (AvgIpc) is 2.56. The van der Waals surface area contributed by atoms with Gasteiger partial charge in [-0.2, -0.15) is 13.2 Å². The van der Waals surface area contributed by atoms with Gasteiger partial charge >= 0.3 is 6.18 Å². The first-order valence-electron chi connectivity index (χ1n) is 7.43. The molecule has 1 aliphatic rings. The van der Waals surface area contributed by atoms with Crippen LogP contribution in [0.25, 0.3) is 10.8 Å². The van der Waals surface area contributed by atoms with E-state index in [1.165, 1.54) is 17.0 Å². The highest BCUT2D eigenvalue weighted by Gasteiger charge is 2.32. The largest absolute Gasteiger partial charge is 0.406 e. The summed E-state index contributed by atoms with van der Waals surface area (Å²) in [6.45, 7) is -0.286. The standard InChI is InChI=1S/C16H15F3N2O3/c17-16(18,19)10-21-13(15(23)20-5-7-24-8-6-20)9-11-3-1-2-4-12(11)14(21)22/h1-4,9H,5-8,10H2. The SMILES string of the molecule is O=C(c1cc2ccccc2c(=O)n1CC(F)(F)F)N1CCOCC1. The van der Waals surface area contributed by atoms with E-state index in [0.717, 1.165) is 0 Å². The van der Waals surface area contributed by atoms with E-state index in [0.29, 0.717) is 23.2 Å². The van der Waals surface area contributed by atoms with Crippen LogP contribution in [0.1, 0.15) is 10.5 Å².